The monoisotopic (exact) mass is 474 g/mol. The molecule has 7 N–H and O–H groups in total. The Morgan fingerprint density at radius 2 is 1.55 bits per heavy atom. The second-order valence-corrected chi connectivity index (χ2v) is 8.11. The van der Waals surface area contributed by atoms with Gasteiger partial charge in [0.05, 0.1) is 19.1 Å². The number of hydrogen-bond donors (Lipinski definition) is 7. The van der Waals surface area contributed by atoms with Crippen LogP contribution in [-0.4, -0.2) is 116 Å². The minimum absolute atomic E-state index is 0.515. The lowest BCUT2D eigenvalue weighted by molar-refractivity contribution is -0.326. The van der Waals surface area contributed by atoms with Gasteiger partial charge in [-0.3, -0.25) is 4.79 Å². The molecule has 0 spiro atoms. The minimum atomic E-state index is -1.79. The highest BCUT2D eigenvalue weighted by atomic mass is 16.7. The quantitative estimate of drug-likeness (QED) is 0.198. The number of hydrogen-bond acceptors (Lipinski definition) is 12. The van der Waals surface area contributed by atoms with Gasteiger partial charge in [0.25, 0.3) is 0 Å². The Morgan fingerprint density at radius 1 is 0.909 bits per heavy atom. The summed E-state index contributed by atoms with van der Waals surface area (Å²) in [6.07, 6.45) is -15.6. The fourth-order valence-electron chi connectivity index (χ4n) is 3.69. The van der Waals surface area contributed by atoms with Gasteiger partial charge >= 0.3 is 5.97 Å². The van der Waals surface area contributed by atoms with Gasteiger partial charge in [-0.25, -0.2) is 0 Å². The summed E-state index contributed by atoms with van der Waals surface area (Å²) >= 11 is 0. The number of aliphatic hydroxyl groups excluding tert-OH is 7. The third-order valence-corrected chi connectivity index (χ3v) is 5.84. The Balaban J connectivity index is 1.57. The van der Waals surface area contributed by atoms with E-state index in [0.29, 0.717) is 5.56 Å². The van der Waals surface area contributed by atoms with Crippen molar-refractivity contribution < 1.29 is 59.5 Å². The molecule has 0 amide bonds. The van der Waals surface area contributed by atoms with Gasteiger partial charge in [-0.05, 0) is 12.5 Å². The molecule has 11 atom stereocenters. The van der Waals surface area contributed by atoms with E-state index in [1.165, 1.54) is 0 Å². The van der Waals surface area contributed by atoms with Crippen LogP contribution in [0.2, 0.25) is 0 Å². The van der Waals surface area contributed by atoms with Crippen molar-refractivity contribution in [3.63, 3.8) is 0 Å². The average molecular weight is 474 g/mol. The van der Waals surface area contributed by atoms with E-state index in [0.717, 1.165) is 0 Å². The smallest absolute Gasteiger partial charge is 0.313 e. The third kappa shape index (κ3) is 5.69. The van der Waals surface area contributed by atoms with Crippen molar-refractivity contribution in [3.05, 3.63) is 35.9 Å². The number of carbonyl (C=O) groups is 1. The molecule has 0 bridgehead atoms. The molecule has 3 rings (SSSR count). The Hall–Kier alpha value is -1.71. The van der Waals surface area contributed by atoms with Crippen LogP contribution in [0.15, 0.2) is 30.3 Å². The van der Waals surface area contributed by atoms with Crippen molar-refractivity contribution in [3.8, 4) is 0 Å². The average Bonchev–Trinajstić information content (AvgIpc) is 2.82. The van der Waals surface area contributed by atoms with Gasteiger partial charge in [-0.2, -0.15) is 0 Å². The summed E-state index contributed by atoms with van der Waals surface area (Å²) in [7, 11) is 0. The molecule has 0 aromatic heterocycles. The number of esters is 1. The Morgan fingerprint density at radius 3 is 2.18 bits per heavy atom. The number of aliphatic hydroxyl groups is 7. The lowest BCUT2D eigenvalue weighted by Crippen LogP contribution is -2.62. The Kier molecular flexibility index (Phi) is 8.75. The summed E-state index contributed by atoms with van der Waals surface area (Å²) < 4.78 is 20.9. The second kappa shape index (κ2) is 11.1. The fourth-order valence-corrected chi connectivity index (χ4v) is 3.69. The van der Waals surface area contributed by atoms with Gasteiger partial charge in [-0.1, -0.05) is 30.3 Å². The molecule has 0 radical (unpaired) electrons. The molecule has 1 aromatic rings. The van der Waals surface area contributed by atoms with Gasteiger partial charge in [0.15, 0.2) is 18.7 Å². The largest absolute Gasteiger partial charge is 0.454 e. The lowest BCUT2D eigenvalue weighted by atomic mass is 9.97. The van der Waals surface area contributed by atoms with Crippen LogP contribution in [0.3, 0.4) is 0 Å². The highest BCUT2D eigenvalue weighted by Gasteiger charge is 2.48. The summed E-state index contributed by atoms with van der Waals surface area (Å²) in [5.74, 6) is -1.44. The van der Waals surface area contributed by atoms with E-state index in [4.69, 9.17) is 18.9 Å². The summed E-state index contributed by atoms with van der Waals surface area (Å²) in [6.45, 7) is 0.423. The topological polar surface area (TPSA) is 196 Å². The van der Waals surface area contributed by atoms with E-state index in [1.807, 2.05) is 0 Å². The fraction of sp³-hybridized carbons (Fsp3) is 0.667. The molecule has 0 aliphatic carbocycles. The van der Waals surface area contributed by atoms with Gasteiger partial charge in [0.1, 0.15) is 42.7 Å². The maximum Gasteiger partial charge on any atom is 0.313 e. The maximum absolute atomic E-state index is 12.5. The zero-order chi connectivity index (χ0) is 24.3. The molecule has 2 aliphatic heterocycles. The van der Waals surface area contributed by atoms with Crippen molar-refractivity contribution >= 4 is 5.97 Å². The van der Waals surface area contributed by atoms with E-state index in [9.17, 15) is 40.5 Å². The molecule has 12 nitrogen and oxygen atoms in total. The zero-order valence-electron chi connectivity index (χ0n) is 17.8. The van der Waals surface area contributed by atoms with Gasteiger partial charge in [-0.15, -0.1) is 0 Å². The van der Waals surface area contributed by atoms with Gasteiger partial charge in [0.2, 0.25) is 0 Å². The molecule has 0 saturated carbocycles. The van der Waals surface area contributed by atoms with E-state index >= 15 is 0 Å². The molecule has 2 aliphatic rings. The molecular formula is C21H30O12. The summed E-state index contributed by atoms with van der Waals surface area (Å²) in [6, 6.07) is 8.72. The molecule has 2 fully saturated rings. The van der Waals surface area contributed by atoms with Crippen LogP contribution >= 0.6 is 0 Å². The highest BCUT2D eigenvalue weighted by molar-refractivity contribution is 5.77. The van der Waals surface area contributed by atoms with Crippen molar-refractivity contribution in [2.24, 2.45) is 0 Å². The second-order valence-electron chi connectivity index (χ2n) is 8.11. The maximum atomic E-state index is 12.5. The van der Waals surface area contributed by atoms with E-state index in [2.05, 4.69) is 0 Å². The molecule has 186 valence electrons. The lowest BCUT2D eigenvalue weighted by Gasteiger charge is -2.42. The van der Waals surface area contributed by atoms with Crippen LogP contribution < -0.4 is 0 Å². The predicted octanol–water partition coefficient (Wildman–Crippen LogP) is -3.04. The summed E-state index contributed by atoms with van der Waals surface area (Å²) in [5, 5.41) is 69.9. The summed E-state index contributed by atoms with van der Waals surface area (Å²) in [5.41, 5.74) is 0.662. The SMILES string of the molecule is CC(C(=O)OC1C(O)OC(COC2OC(CO)C(O)C(O)C2O)C(O)C1O)c1ccccc1. The first-order valence-electron chi connectivity index (χ1n) is 10.5. The first kappa shape index (κ1) is 25.9. The highest BCUT2D eigenvalue weighted by Crippen LogP contribution is 2.27. The Bertz CT molecular complexity index is 761. The van der Waals surface area contributed by atoms with Crippen molar-refractivity contribution in [1.29, 1.82) is 0 Å². The van der Waals surface area contributed by atoms with E-state index in [-0.39, 0.29) is 0 Å². The molecule has 1 aromatic carbocycles. The standard InChI is InChI=1S/C21H30O12/c1-9(10-5-3-2-4-6-10)19(28)33-18-16(26)14(24)12(31-20(18)29)8-30-21-17(27)15(25)13(23)11(7-22)32-21/h2-6,9,11-18,20-27,29H,7-8H2,1H3. The molecule has 11 unspecified atom stereocenters. The molecule has 2 saturated heterocycles. The number of benzene rings is 1. The minimum Gasteiger partial charge on any atom is -0.454 e. The number of carbonyl (C=O) groups excluding carboxylic acids is 1. The first-order chi connectivity index (χ1) is 15.6. The van der Waals surface area contributed by atoms with Crippen molar-refractivity contribution in [1.82, 2.24) is 0 Å². The molecule has 12 heteroatoms. The van der Waals surface area contributed by atoms with Crippen molar-refractivity contribution in [2.75, 3.05) is 13.2 Å². The number of ether oxygens (including phenoxy) is 4. The van der Waals surface area contributed by atoms with Crippen LogP contribution in [0.1, 0.15) is 18.4 Å². The van der Waals surface area contributed by atoms with Gasteiger partial charge in [0, 0.05) is 0 Å². The van der Waals surface area contributed by atoms with Crippen LogP contribution in [0.25, 0.3) is 0 Å². The molecule has 33 heavy (non-hydrogen) atoms. The van der Waals surface area contributed by atoms with Crippen LogP contribution in [0.5, 0.6) is 0 Å². The van der Waals surface area contributed by atoms with Crippen LogP contribution in [0.4, 0.5) is 0 Å². The predicted molar refractivity (Wildman–Crippen MR) is 107 cm³/mol. The zero-order valence-corrected chi connectivity index (χ0v) is 17.8. The van der Waals surface area contributed by atoms with Crippen molar-refractivity contribution in [2.45, 2.75) is 74.3 Å². The van der Waals surface area contributed by atoms with Crippen LogP contribution in [0, 0.1) is 0 Å². The van der Waals surface area contributed by atoms with Crippen LogP contribution in [-0.2, 0) is 23.7 Å². The number of rotatable bonds is 7. The third-order valence-electron chi connectivity index (χ3n) is 5.84. The molecular weight excluding hydrogens is 444 g/mol. The van der Waals surface area contributed by atoms with E-state index in [1.54, 1.807) is 37.3 Å². The first-order valence-corrected chi connectivity index (χ1v) is 10.5. The summed E-state index contributed by atoms with van der Waals surface area (Å²) in [4.78, 5) is 12.5. The van der Waals surface area contributed by atoms with E-state index < -0.39 is 86.5 Å². The molecule has 2 heterocycles. The Labute approximate surface area is 189 Å². The van der Waals surface area contributed by atoms with Gasteiger partial charge < -0.3 is 54.7 Å². The normalized spacial score (nSPS) is 40.2.